The predicted molar refractivity (Wildman–Crippen MR) is 114 cm³/mol. The van der Waals surface area contributed by atoms with Gasteiger partial charge in [-0.15, -0.1) is 11.6 Å². The Kier molecular flexibility index (Phi) is 8.52. The van der Waals surface area contributed by atoms with E-state index in [0.717, 1.165) is 44.9 Å². The molecular weight excluding hydrogens is 430 g/mol. The third kappa shape index (κ3) is 6.14. The van der Waals surface area contributed by atoms with Crippen molar-refractivity contribution in [2.45, 2.75) is 105 Å². The fourth-order valence-electron chi connectivity index (χ4n) is 5.13. The minimum atomic E-state index is -3.52. The van der Waals surface area contributed by atoms with Gasteiger partial charge in [0, 0.05) is 42.3 Å². The number of halogens is 1. The SMILES string of the molecule is COC1CCC(NS(=O)(=O)C2CCC(Cl)C(C(=O)NC3CCCC([NH+]=O)C3)C2)CC1. The zero-order valence-electron chi connectivity index (χ0n) is 17.6. The molecule has 0 radical (unpaired) electrons. The molecule has 0 aromatic carbocycles. The highest BCUT2D eigenvalue weighted by atomic mass is 35.5. The Morgan fingerprint density at radius 2 is 1.73 bits per heavy atom. The Morgan fingerprint density at radius 1 is 1.00 bits per heavy atom. The maximum atomic E-state index is 13.0. The summed E-state index contributed by atoms with van der Waals surface area (Å²) in [5.41, 5.74) is 0. The molecule has 0 aromatic rings. The monoisotopic (exact) mass is 464 g/mol. The third-order valence-electron chi connectivity index (χ3n) is 7.02. The van der Waals surface area contributed by atoms with Gasteiger partial charge in [-0.25, -0.2) is 13.1 Å². The van der Waals surface area contributed by atoms with E-state index in [2.05, 4.69) is 10.0 Å². The smallest absolute Gasteiger partial charge is 0.224 e. The molecule has 1 amide bonds. The number of alkyl halides is 1. The minimum absolute atomic E-state index is 0.0624. The number of hydrogen-bond acceptors (Lipinski definition) is 5. The average molecular weight is 465 g/mol. The Morgan fingerprint density at radius 3 is 2.40 bits per heavy atom. The molecule has 172 valence electrons. The summed E-state index contributed by atoms with van der Waals surface area (Å²) < 4.78 is 34.2. The van der Waals surface area contributed by atoms with Crippen molar-refractivity contribution >= 4 is 27.5 Å². The third-order valence-corrected chi connectivity index (χ3v) is 9.51. The molecule has 5 atom stereocenters. The maximum Gasteiger partial charge on any atom is 0.224 e. The van der Waals surface area contributed by atoms with Crippen molar-refractivity contribution in [3.05, 3.63) is 4.91 Å². The quantitative estimate of drug-likeness (QED) is 0.484. The van der Waals surface area contributed by atoms with Crippen LogP contribution >= 0.6 is 11.6 Å². The van der Waals surface area contributed by atoms with Gasteiger partial charge in [0.25, 0.3) is 0 Å². The Balaban J connectivity index is 1.56. The lowest BCUT2D eigenvalue weighted by molar-refractivity contribution is -0.529. The van der Waals surface area contributed by atoms with Gasteiger partial charge in [-0.3, -0.25) is 4.79 Å². The number of amides is 1. The molecule has 0 spiro atoms. The van der Waals surface area contributed by atoms with Crippen molar-refractivity contribution in [2.75, 3.05) is 7.11 Å². The highest BCUT2D eigenvalue weighted by molar-refractivity contribution is 7.90. The number of ether oxygens (including phenoxy) is 1. The summed E-state index contributed by atoms with van der Waals surface area (Å²) in [4.78, 5) is 23.8. The van der Waals surface area contributed by atoms with E-state index in [4.69, 9.17) is 16.3 Å². The van der Waals surface area contributed by atoms with Crippen molar-refractivity contribution < 1.29 is 23.1 Å². The first-order valence-electron chi connectivity index (χ1n) is 11.2. The van der Waals surface area contributed by atoms with Crippen LogP contribution in [0.2, 0.25) is 0 Å². The van der Waals surface area contributed by atoms with Crippen LogP contribution in [0.25, 0.3) is 0 Å². The van der Waals surface area contributed by atoms with Gasteiger partial charge in [0.05, 0.1) is 17.3 Å². The van der Waals surface area contributed by atoms with Gasteiger partial charge in [-0.1, -0.05) is 0 Å². The summed E-state index contributed by atoms with van der Waals surface area (Å²) in [7, 11) is -1.83. The molecule has 10 heteroatoms. The Bertz CT molecular complexity index is 699. The Labute approximate surface area is 184 Å². The summed E-state index contributed by atoms with van der Waals surface area (Å²) in [5.74, 6) is -0.723. The van der Waals surface area contributed by atoms with Crippen LogP contribution in [0.1, 0.15) is 70.6 Å². The standard InChI is InChI=1S/C20H34ClN3O5S/c1-29-16-7-5-13(6-8-16)24-30(27,28)17-9-10-19(21)18(12-17)20(25)22-14-3-2-4-15(11-14)23-26/h13-19,24H,2-12H2,1H3,(H,22,25)/p+1. The molecule has 3 rings (SSSR count). The highest BCUT2D eigenvalue weighted by Gasteiger charge is 2.41. The lowest BCUT2D eigenvalue weighted by atomic mass is 9.86. The molecule has 0 aromatic heterocycles. The number of carbonyl (C=O) groups excluding carboxylic acids is 1. The minimum Gasteiger partial charge on any atom is -0.381 e. The molecule has 3 fully saturated rings. The van der Waals surface area contributed by atoms with E-state index in [1.807, 2.05) is 5.18 Å². The van der Waals surface area contributed by atoms with Crippen LogP contribution in [0.5, 0.6) is 0 Å². The summed E-state index contributed by atoms with van der Waals surface area (Å²) >= 11 is 6.44. The summed E-state index contributed by atoms with van der Waals surface area (Å²) in [6.45, 7) is 0. The van der Waals surface area contributed by atoms with Gasteiger partial charge in [0.1, 0.15) is 0 Å². The molecule has 3 saturated carbocycles. The number of methoxy groups -OCH3 is 1. The van der Waals surface area contributed by atoms with Crippen molar-refractivity contribution in [2.24, 2.45) is 5.92 Å². The van der Waals surface area contributed by atoms with E-state index in [1.165, 1.54) is 0 Å². The summed E-state index contributed by atoms with van der Waals surface area (Å²) in [5, 5.41) is 4.09. The van der Waals surface area contributed by atoms with Crippen LogP contribution in [-0.4, -0.2) is 56.3 Å². The van der Waals surface area contributed by atoms with E-state index >= 15 is 0 Å². The van der Waals surface area contributed by atoms with Gasteiger partial charge in [0.15, 0.2) is 0 Å². The number of nitrogens with one attached hydrogen (secondary N) is 3. The van der Waals surface area contributed by atoms with E-state index in [0.29, 0.717) is 19.3 Å². The molecule has 3 N–H and O–H groups in total. The first kappa shape index (κ1) is 23.9. The zero-order valence-corrected chi connectivity index (χ0v) is 19.2. The van der Waals surface area contributed by atoms with Crippen LogP contribution < -0.4 is 15.2 Å². The van der Waals surface area contributed by atoms with Crippen LogP contribution in [-0.2, 0) is 19.6 Å². The van der Waals surface area contributed by atoms with E-state index in [9.17, 15) is 18.1 Å². The highest BCUT2D eigenvalue weighted by Crippen LogP contribution is 2.33. The van der Waals surface area contributed by atoms with Crippen molar-refractivity contribution in [1.82, 2.24) is 10.0 Å². The molecule has 3 aliphatic rings. The first-order chi connectivity index (χ1) is 14.3. The molecule has 0 bridgehead atoms. The van der Waals surface area contributed by atoms with E-state index < -0.39 is 21.2 Å². The van der Waals surface area contributed by atoms with Crippen molar-refractivity contribution in [3.63, 3.8) is 0 Å². The molecule has 5 unspecified atom stereocenters. The fraction of sp³-hybridized carbons (Fsp3) is 0.950. The molecule has 0 saturated heterocycles. The molecule has 8 nitrogen and oxygen atoms in total. The lowest BCUT2D eigenvalue weighted by Gasteiger charge is -2.35. The first-order valence-corrected chi connectivity index (χ1v) is 13.2. The second-order valence-corrected chi connectivity index (χ2v) is 11.7. The van der Waals surface area contributed by atoms with Crippen molar-refractivity contribution in [1.29, 1.82) is 0 Å². The molecule has 0 heterocycles. The zero-order chi connectivity index (χ0) is 21.7. The topological polar surface area (TPSA) is 116 Å². The average Bonchev–Trinajstić information content (AvgIpc) is 2.74. The van der Waals surface area contributed by atoms with Crippen LogP contribution in [0.3, 0.4) is 0 Å². The van der Waals surface area contributed by atoms with Gasteiger partial charge in [-0.2, -0.15) is 0 Å². The molecule has 0 aliphatic heterocycles. The predicted octanol–water partition coefficient (Wildman–Crippen LogP) is 0.914. The number of nitroso groups, excluding NO2 is 1. The van der Waals surface area contributed by atoms with E-state index in [-0.39, 0.29) is 41.9 Å². The van der Waals surface area contributed by atoms with E-state index in [1.54, 1.807) is 7.11 Å². The van der Waals surface area contributed by atoms with Gasteiger partial charge in [-0.05, 0) is 63.0 Å². The Hall–Kier alpha value is -0.770. The molecular formula is C20H35ClN3O5S+. The molecule has 3 aliphatic carbocycles. The van der Waals surface area contributed by atoms with Crippen LogP contribution in [0, 0.1) is 10.8 Å². The molecule has 30 heavy (non-hydrogen) atoms. The van der Waals surface area contributed by atoms with Crippen LogP contribution in [0.15, 0.2) is 0 Å². The maximum absolute atomic E-state index is 13.0. The fourth-order valence-corrected chi connectivity index (χ4v) is 7.27. The largest absolute Gasteiger partial charge is 0.381 e. The normalized spacial score (nSPS) is 38.0. The van der Waals surface area contributed by atoms with Gasteiger partial charge < -0.3 is 10.1 Å². The number of rotatable bonds is 7. The second kappa shape index (κ2) is 10.7. The number of hydrogen-bond donors (Lipinski definition) is 3. The summed E-state index contributed by atoms with van der Waals surface area (Å²) in [6.07, 6.45) is 7.77. The lowest BCUT2D eigenvalue weighted by Crippen LogP contribution is -2.74. The second-order valence-electron chi connectivity index (χ2n) is 9.12. The van der Waals surface area contributed by atoms with Gasteiger partial charge >= 0.3 is 0 Å². The summed E-state index contributed by atoms with van der Waals surface area (Å²) in [6, 6.07) is -0.262. The number of carbonyl (C=O) groups is 1. The van der Waals surface area contributed by atoms with Crippen molar-refractivity contribution in [3.8, 4) is 0 Å². The van der Waals surface area contributed by atoms with Gasteiger partial charge in [0.2, 0.25) is 22.0 Å². The van der Waals surface area contributed by atoms with Crippen LogP contribution in [0.4, 0.5) is 0 Å². The number of sulfonamides is 1.